The van der Waals surface area contributed by atoms with E-state index in [1.807, 2.05) is 24.3 Å². The molecule has 3 amide bonds. The number of benzene rings is 2. The standard InChI is InChI=1S/C25H32N4O5/c1-17(30)23(25(33)28-34)27-24(32)20-8-6-18(7-9-20)19-10-12-21(13-11-19)26-22(31)16-29-14-4-2-3-5-15-29/h6-13,17,23,30,34H,2-5,14-16H2,1H3,(H,26,31)(H,27,32)(H,28,33)/t17-,23+/m1/s1. The van der Waals surface area contributed by atoms with Gasteiger partial charge in [-0.2, -0.15) is 0 Å². The van der Waals surface area contributed by atoms with Crippen molar-refractivity contribution >= 4 is 23.4 Å². The first-order valence-electron chi connectivity index (χ1n) is 11.5. The Morgan fingerprint density at radius 1 is 0.912 bits per heavy atom. The minimum atomic E-state index is -1.28. The lowest BCUT2D eigenvalue weighted by Gasteiger charge is -2.19. The summed E-state index contributed by atoms with van der Waals surface area (Å²) >= 11 is 0. The predicted molar refractivity (Wildman–Crippen MR) is 128 cm³/mol. The fourth-order valence-electron chi connectivity index (χ4n) is 3.96. The highest BCUT2D eigenvalue weighted by Gasteiger charge is 2.25. The van der Waals surface area contributed by atoms with Crippen LogP contribution in [0.5, 0.6) is 0 Å². The molecule has 9 heteroatoms. The second-order valence-corrected chi connectivity index (χ2v) is 8.56. The van der Waals surface area contributed by atoms with Crippen LogP contribution in [0.4, 0.5) is 5.69 Å². The number of aliphatic hydroxyl groups excluding tert-OH is 1. The topological polar surface area (TPSA) is 131 Å². The average Bonchev–Trinajstić information content (AvgIpc) is 3.11. The Bertz CT molecular complexity index is 968. The maximum atomic E-state index is 12.4. The highest BCUT2D eigenvalue weighted by atomic mass is 16.5. The fourth-order valence-corrected chi connectivity index (χ4v) is 3.96. The van der Waals surface area contributed by atoms with E-state index in [4.69, 9.17) is 5.21 Å². The van der Waals surface area contributed by atoms with Crippen molar-refractivity contribution in [1.82, 2.24) is 15.7 Å². The van der Waals surface area contributed by atoms with Gasteiger partial charge in [0.15, 0.2) is 0 Å². The summed E-state index contributed by atoms with van der Waals surface area (Å²) in [6, 6.07) is 13.0. The van der Waals surface area contributed by atoms with Crippen molar-refractivity contribution in [2.24, 2.45) is 0 Å². The summed E-state index contributed by atoms with van der Waals surface area (Å²) in [6.45, 7) is 3.68. The van der Waals surface area contributed by atoms with Gasteiger partial charge in [0.05, 0.1) is 12.6 Å². The quantitative estimate of drug-likeness (QED) is 0.298. The van der Waals surface area contributed by atoms with Gasteiger partial charge in [-0.15, -0.1) is 0 Å². The van der Waals surface area contributed by atoms with Gasteiger partial charge in [0.1, 0.15) is 6.04 Å². The second kappa shape index (κ2) is 12.3. The lowest BCUT2D eigenvalue weighted by molar-refractivity contribution is -0.133. The van der Waals surface area contributed by atoms with Crippen LogP contribution in [0.15, 0.2) is 48.5 Å². The second-order valence-electron chi connectivity index (χ2n) is 8.56. The zero-order valence-electron chi connectivity index (χ0n) is 19.3. The van der Waals surface area contributed by atoms with E-state index in [0.717, 1.165) is 42.7 Å². The van der Waals surface area contributed by atoms with Gasteiger partial charge in [0.25, 0.3) is 11.8 Å². The highest BCUT2D eigenvalue weighted by molar-refractivity contribution is 5.98. The molecule has 1 heterocycles. The van der Waals surface area contributed by atoms with Crippen molar-refractivity contribution in [2.75, 3.05) is 25.0 Å². The minimum absolute atomic E-state index is 0.0182. The van der Waals surface area contributed by atoms with Crippen LogP contribution in [0, 0.1) is 0 Å². The molecule has 2 aromatic carbocycles. The Morgan fingerprint density at radius 2 is 1.47 bits per heavy atom. The molecule has 3 rings (SSSR count). The van der Waals surface area contributed by atoms with Crippen molar-refractivity contribution in [1.29, 1.82) is 0 Å². The fraction of sp³-hybridized carbons (Fsp3) is 0.400. The van der Waals surface area contributed by atoms with Crippen LogP contribution in [0.25, 0.3) is 11.1 Å². The average molecular weight is 469 g/mol. The molecule has 0 bridgehead atoms. The third-order valence-electron chi connectivity index (χ3n) is 5.88. The largest absolute Gasteiger partial charge is 0.391 e. The number of likely N-dealkylation sites (tertiary alicyclic amines) is 1. The molecule has 1 aliphatic heterocycles. The number of nitrogens with zero attached hydrogens (tertiary/aromatic N) is 1. The van der Waals surface area contributed by atoms with Gasteiger partial charge >= 0.3 is 0 Å². The molecule has 1 saturated heterocycles. The molecule has 0 saturated carbocycles. The molecule has 0 unspecified atom stereocenters. The number of carbonyl (C=O) groups is 3. The molecule has 182 valence electrons. The summed E-state index contributed by atoms with van der Waals surface area (Å²) in [4.78, 5) is 38.6. The summed E-state index contributed by atoms with van der Waals surface area (Å²) < 4.78 is 0. The van der Waals surface area contributed by atoms with E-state index in [1.54, 1.807) is 24.3 Å². The van der Waals surface area contributed by atoms with Crippen molar-refractivity contribution in [2.45, 2.75) is 44.8 Å². The highest BCUT2D eigenvalue weighted by Crippen LogP contribution is 2.22. The maximum absolute atomic E-state index is 12.4. The zero-order chi connectivity index (χ0) is 24.5. The number of carbonyl (C=O) groups excluding carboxylic acids is 3. The molecule has 0 aliphatic carbocycles. The molecule has 1 aliphatic rings. The van der Waals surface area contributed by atoms with E-state index in [-0.39, 0.29) is 5.91 Å². The number of aliphatic hydroxyl groups is 1. The predicted octanol–water partition coefficient (Wildman–Crippen LogP) is 2.15. The van der Waals surface area contributed by atoms with Crippen LogP contribution in [0.2, 0.25) is 0 Å². The molecule has 5 N–H and O–H groups in total. The Hall–Kier alpha value is -3.27. The molecule has 1 fully saturated rings. The number of nitrogens with one attached hydrogen (secondary N) is 3. The van der Waals surface area contributed by atoms with Gasteiger partial charge in [-0.05, 0) is 68.2 Å². The number of hydroxylamine groups is 1. The summed E-state index contributed by atoms with van der Waals surface area (Å²) in [5, 5.41) is 23.8. The lowest BCUT2D eigenvalue weighted by atomic mass is 10.0. The van der Waals surface area contributed by atoms with Crippen molar-refractivity contribution in [3.05, 3.63) is 54.1 Å². The number of anilines is 1. The number of hydrogen-bond donors (Lipinski definition) is 5. The molecule has 34 heavy (non-hydrogen) atoms. The Labute approximate surface area is 199 Å². The van der Waals surface area contributed by atoms with E-state index >= 15 is 0 Å². The van der Waals surface area contributed by atoms with Gasteiger partial charge in [-0.1, -0.05) is 37.1 Å². The van der Waals surface area contributed by atoms with E-state index in [1.165, 1.54) is 25.2 Å². The third kappa shape index (κ3) is 7.11. The molecule has 2 atom stereocenters. The summed E-state index contributed by atoms with van der Waals surface area (Å²) in [7, 11) is 0. The normalized spacial score (nSPS) is 16.1. The molecule has 2 aromatic rings. The first-order chi connectivity index (χ1) is 16.4. The van der Waals surface area contributed by atoms with Crippen molar-refractivity contribution < 1.29 is 24.7 Å². The van der Waals surface area contributed by atoms with Crippen LogP contribution < -0.4 is 16.1 Å². The smallest absolute Gasteiger partial charge is 0.268 e. The first kappa shape index (κ1) is 25.4. The van der Waals surface area contributed by atoms with Crippen LogP contribution in [-0.2, 0) is 9.59 Å². The first-order valence-corrected chi connectivity index (χ1v) is 11.5. The van der Waals surface area contributed by atoms with E-state index in [2.05, 4.69) is 15.5 Å². The Morgan fingerprint density at radius 3 is 2.00 bits per heavy atom. The summed E-state index contributed by atoms with van der Waals surface area (Å²) in [6.07, 6.45) is 3.56. The SMILES string of the molecule is C[C@@H](O)[C@H](NC(=O)c1ccc(-c2ccc(NC(=O)CN3CCCCCC3)cc2)cc1)C(=O)NO. The van der Waals surface area contributed by atoms with Crippen molar-refractivity contribution in [3.8, 4) is 11.1 Å². The van der Waals surface area contributed by atoms with Gasteiger partial charge < -0.3 is 15.7 Å². The summed E-state index contributed by atoms with van der Waals surface area (Å²) in [5.41, 5.74) is 4.25. The third-order valence-corrected chi connectivity index (χ3v) is 5.88. The summed E-state index contributed by atoms with van der Waals surface area (Å²) in [5.74, 6) is -1.47. The molecule has 0 radical (unpaired) electrons. The van der Waals surface area contributed by atoms with Crippen LogP contribution in [-0.4, -0.2) is 64.7 Å². The lowest BCUT2D eigenvalue weighted by Crippen LogP contribution is -2.51. The molecule has 0 aromatic heterocycles. The molecule has 9 nitrogen and oxygen atoms in total. The molecule has 0 spiro atoms. The molecular weight excluding hydrogens is 436 g/mol. The van der Waals surface area contributed by atoms with E-state index in [0.29, 0.717) is 12.1 Å². The van der Waals surface area contributed by atoms with Crippen LogP contribution in [0.1, 0.15) is 43.0 Å². The zero-order valence-corrected chi connectivity index (χ0v) is 19.3. The minimum Gasteiger partial charge on any atom is -0.391 e. The molecular formula is C25H32N4O5. The van der Waals surface area contributed by atoms with Crippen LogP contribution >= 0.6 is 0 Å². The maximum Gasteiger partial charge on any atom is 0.268 e. The monoisotopic (exact) mass is 468 g/mol. The van der Waals surface area contributed by atoms with Gasteiger partial charge in [-0.25, -0.2) is 5.48 Å². The number of rotatable bonds is 8. The van der Waals surface area contributed by atoms with E-state index in [9.17, 15) is 19.5 Å². The number of hydrogen-bond acceptors (Lipinski definition) is 6. The van der Waals surface area contributed by atoms with Gasteiger partial charge in [-0.3, -0.25) is 24.5 Å². The van der Waals surface area contributed by atoms with Gasteiger partial charge in [0, 0.05) is 11.3 Å². The van der Waals surface area contributed by atoms with E-state index < -0.39 is 24.0 Å². The number of amides is 3. The Kier molecular flexibility index (Phi) is 9.15. The van der Waals surface area contributed by atoms with Gasteiger partial charge in [0.2, 0.25) is 5.91 Å². The Balaban J connectivity index is 1.57. The van der Waals surface area contributed by atoms with Crippen molar-refractivity contribution in [3.63, 3.8) is 0 Å². The van der Waals surface area contributed by atoms with Crippen LogP contribution in [0.3, 0.4) is 0 Å².